The van der Waals surface area contributed by atoms with Gasteiger partial charge in [-0.2, -0.15) is 0 Å². The fraction of sp³-hybridized carbons (Fsp3) is 0.250. The molecule has 0 fully saturated rings. The summed E-state index contributed by atoms with van der Waals surface area (Å²) in [6, 6.07) is 4.93. The number of alkyl halides is 1. The summed E-state index contributed by atoms with van der Waals surface area (Å²) >= 11 is 3.20. The van der Waals surface area contributed by atoms with Gasteiger partial charge in [-0.05, 0) is 25.1 Å². The molecule has 0 aliphatic heterocycles. The highest BCUT2D eigenvalue weighted by Gasteiger charge is 2.07. The van der Waals surface area contributed by atoms with Gasteiger partial charge in [0.2, 0.25) is 0 Å². The van der Waals surface area contributed by atoms with Crippen LogP contribution >= 0.6 is 15.9 Å². The predicted octanol–water partition coefficient (Wildman–Crippen LogP) is 2.19. The van der Waals surface area contributed by atoms with E-state index in [9.17, 15) is 4.79 Å². The minimum atomic E-state index is -0.357. The van der Waals surface area contributed by atoms with Crippen molar-refractivity contribution in [1.29, 1.82) is 0 Å². The first-order valence-corrected chi connectivity index (χ1v) is 5.92. The van der Waals surface area contributed by atoms with Gasteiger partial charge in [-0.25, -0.2) is 4.79 Å². The molecule has 0 bridgehead atoms. The summed E-state index contributed by atoms with van der Waals surface area (Å²) in [5.41, 5.74) is 7.40. The maximum absolute atomic E-state index is 11.5. The lowest BCUT2D eigenvalue weighted by Gasteiger charge is -2.03. The largest absolute Gasteiger partial charge is 0.462 e. The highest BCUT2D eigenvalue weighted by Crippen LogP contribution is 2.13. The molecule has 0 unspecified atom stereocenters. The van der Waals surface area contributed by atoms with Crippen LogP contribution in [0.15, 0.2) is 18.2 Å². The maximum Gasteiger partial charge on any atom is 0.338 e. The molecule has 0 atom stereocenters. The van der Waals surface area contributed by atoms with E-state index in [1.54, 1.807) is 25.1 Å². The number of rotatable bonds is 2. The van der Waals surface area contributed by atoms with Gasteiger partial charge in [0.15, 0.2) is 0 Å². The van der Waals surface area contributed by atoms with Gasteiger partial charge in [-0.15, -0.1) is 0 Å². The number of nitrogen functional groups attached to an aromatic ring is 1. The van der Waals surface area contributed by atoms with Crippen molar-refractivity contribution in [3.8, 4) is 11.8 Å². The second-order valence-electron chi connectivity index (χ2n) is 2.96. The Hall–Kier alpha value is -1.47. The Balaban J connectivity index is 3.02. The lowest BCUT2D eigenvalue weighted by Crippen LogP contribution is -2.05. The molecule has 0 aliphatic carbocycles. The van der Waals surface area contributed by atoms with Crippen LogP contribution in [0.2, 0.25) is 0 Å². The van der Waals surface area contributed by atoms with Crippen molar-refractivity contribution in [3.63, 3.8) is 0 Å². The zero-order valence-electron chi connectivity index (χ0n) is 8.92. The lowest BCUT2D eigenvalue weighted by atomic mass is 10.1. The quantitative estimate of drug-likeness (QED) is 0.391. The van der Waals surface area contributed by atoms with Gasteiger partial charge in [0.05, 0.1) is 17.5 Å². The number of carbonyl (C=O) groups excluding carboxylic acids is 1. The Morgan fingerprint density at radius 3 is 2.94 bits per heavy atom. The number of halogens is 1. The van der Waals surface area contributed by atoms with Gasteiger partial charge < -0.3 is 10.5 Å². The summed E-state index contributed by atoms with van der Waals surface area (Å²) in [5.74, 6) is 5.35. The summed E-state index contributed by atoms with van der Waals surface area (Å²) in [6.07, 6.45) is 0. The third-order valence-electron chi connectivity index (χ3n) is 1.85. The van der Waals surface area contributed by atoms with Crippen molar-refractivity contribution < 1.29 is 9.53 Å². The van der Waals surface area contributed by atoms with Crippen LogP contribution in [-0.2, 0) is 4.74 Å². The molecule has 0 saturated heterocycles. The Labute approximate surface area is 103 Å². The monoisotopic (exact) mass is 281 g/mol. The minimum absolute atomic E-state index is 0.353. The molecule has 0 saturated carbocycles. The normalized spacial score (nSPS) is 9.12. The van der Waals surface area contributed by atoms with E-state index in [-0.39, 0.29) is 5.97 Å². The number of nitrogens with two attached hydrogens (primary N) is 1. The molecular weight excluding hydrogens is 270 g/mol. The molecule has 1 aromatic rings. The third kappa shape index (κ3) is 3.28. The average molecular weight is 282 g/mol. The Morgan fingerprint density at radius 1 is 1.56 bits per heavy atom. The number of ether oxygens (including phenoxy) is 1. The molecule has 3 nitrogen and oxygen atoms in total. The van der Waals surface area contributed by atoms with Crippen molar-refractivity contribution >= 4 is 27.6 Å². The molecule has 0 radical (unpaired) electrons. The predicted molar refractivity (Wildman–Crippen MR) is 67.5 cm³/mol. The zero-order valence-corrected chi connectivity index (χ0v) is 10.5. The highest BCUT2D eigenvalue weighted by atomic mass is 79.9. The smallest absolute Gasteiger partial charge is 0.338 e. The van der Waals surface area contributed by atoms with E-state index in [1.165, 1.54) is 0 Å². The summed E-state index contributed by atoms with van der Waals surface area (Å²) in [6.45, 7) is 2.12. The van der Waals surface area contributed by atoms with Crippen molar-refractivity contribution in [3.05, 3.63) is 29.3 Å². The van der Waals surface area contributed by atoms with E-state index in [0.29, 0.717) is 28.8 Å². The maximum atomic E-state index is 11.5. The van der Waals surface area contributed by atoms with E-state index >= 15 is 0 Å². The lowest BCUT2D eigenvalue weighted by molar-refractivity contribution is 0.0526. The van der Waals surface area contributed by atoms with Crippen LogP contribution in [0.5, 0.6) is 0 Å². The number of esters is 1. The third-order valence-corrected chi connectivity index (χ3v) is 2.13. The second-order valence-corrected chi connectivity index (χ2v) is 3.52. The Bertz CT molecular complexity index is 446. The highest BCUT2D eigenvalue weighted by molar-refractivity contribution is 9.09. The molecule has 0 aliphatic rings. The van der Waals surface area contributed by atoms with E-state index in [1.807, 2.05) is 0 Å². The fourth-order valence-corrected chi connectivity index (χ4v) is 1.27. The molecule has 1 aromatic carbocycles. The van der Waals surface area contributed by atoms with Gasteiger partial charge in [-0.3, -0.25) is 0 Å². The average Bonchev–Trinajstić information content (AvgIpc) is 2.28. The molecule has 0 spiro atoms. The van der Waals surface area contributed by atoms with Gasteiger partial charge in [0.1, 0.15) is 0 Å². The van der Waals surface area contributed by atoms with E-state index in [4.69, 9.17) is 10.5 Å². The van der Waals surface area contributed by atoms with E-state index in [0.717, 1.165) is 0 Å². The first-order valence-electron chi connectivity index (χ1n) is 4.80. The number of benzene rings is 1. The van der Waals surface area contributed by atoms with Crippen LogP contribution in [0.1, 0.15) is 22.8 Å². The number of anilines is 1. The van der Waals surface area contributed by atoms with E-state index < -0.39 is 0 Å². The first kappa shape index (κ1) is 12.6. The van der Waals surface area contributed by atoms with E-state index in [2.05, 4.69) is 27.8 Å². The molecule has 1 rings (SSSR count). The Kier molecular flexibility index (Phi) is 4.87. The topological polar surface area (TPSA) is 52.3 Å². The minimum Gasteiger partial charge on any atom is -0.462 e. The molecule has 16 heavy (non-hydrogen) atoms. The number of hydrogen-bond acceptors (Lipinski definition) is 3. The van der Waals surface area contributed by atoms with Crippen LogP contribution in [0.4, 0.5) is 5.69 Å². The van der Waals surface area contributed by atoms with Crippen molar-refractivity contribution in [1.82, 2.24) is 0 Å². The standard InChI is InChI=1S/C12H12BrNO2/c1-2-16-12(15)10-5-6-11(14)9(8-10)4-3-7-13/h5-6,8H,2,7,14H2,1H3. The van der Waals surface area contributed by atoms with Crippen molar-refractivity contribution in [2.75, 3.05) is 17.7 Å². The SMILES string of the molecule is CCOC(=O)c1ccc(N)c(C#CCBr)c1. The zero-order chi connectivity index (χ0) is 12.0. The van der Waals surface area contributed by atoms with Crippen LogP contribution in [0.3, 0.4) is 0 Å². The molecule has 4 heteroatoms. The molecule has 0 amide bonds. The van der Waals surface area contributed by atoms with Gasteiger partial charge in [-0.1, -0.05) is 27.8 Å². The van der Waals surface area contributed by atoms with Crippen LogP contribution < -0.4 is 5.73 Å². The fourth-order valence-electron chi connectivity index (χ4n) is 1.13. The summed E-state index contributed by atoms with van der Waals surface area (Å²) in [5, 5.41) is 0.566. The summed E-state index contributed by atoms with van der Waals surface area (Å²) in [4.78, 5) is 11.5. The second kappa shape index (κ2) is 6.19. The van der Waals surface area contributed by atoms with Gasteiger partial charge >= 0.3 is 5.97 Å². The molecule has 0 aromatic heterocycles. The molecule has 2 N–H and O–H groups in total. The summed E-state index contributed by atoms with van der Waals surface area (Å²) < 4.78 is 4.89. The Morgan fingerprint density at radius 2 is 2.31 bits per heavy atom. The first-order chi connectivity index (χ1) is 7.69. The van der Waals surface area contributed by atoms with Crippen LogP contribution in [0.25, 0.3) is 0 Å². The van der Waals surface area contributed by atoms with Crippen LogP contribution in [0, 0.1) is 11.8 Å². The number of carbonyl (C=O) groups is 1. The van der Waals surface area contributed by atoms with Gasteiger partial charge in [0, 0.05) is 11.3 Å². The van der Waals surface area contributed by atoms with Gasteiger partial charge in [0.25, 0.3) is 0 Å². The van der Waals surface area contributed by atoms with Crippen LogP contribution in [-0.4, -0.2) is 17.9 Å². The van der Waals surface area contributed by atoms with Crippen molar-refractivity contribution in [2.45, 2.75) is 6.92 Å². The molecular formula is C12H12BrNO2. The number of hydrogen-bond donors (Lipinski definition) is 1. The molecule has 84 valence electrons. The summed E-state index contributed by atoms with van der Waals surface area (Å²) in [7, 11) is 0. The molecule has 0 heterocycles. The van der Waals surface area contributed by atoms with Crippen molar-refractivity contribution in [2.24, 2.45) is 0 Å².